The van der Waals surface area contributed by atoms with Gasteiger partial charge in [0.25, 0.3) is 0 Å². The van der Waals surface area contributed by atoms with E-state index >= 15 is 0 Å². The van der Waals surface area contributed by atoms with Crippen molar-refractivity contribution in [1.29, 1.82) is 0 Å². The molecule has 0 aliphatic carbocycles. The van der Waals surface area contributed by atoms with E-state index in [0.29, 0.717) is 29.9 Å². The topological polar surface area (TPSA) is 161 Å². The van der Waals surface area contributed by atoms with Gasteiger partial charge in [-0.3, -0.25) is 4.57 Å². The van der Waals surface area contributed by atoms with E-state index in [-0.39, 0.29) is 30.6 Å². The molecule has 224 valence electrons. The van der Waals surface area contributed by atoms with Crippen LogP contribution in [0.1, 0.15) is 42.4 Å². The molecule has 0 bridgehead atoms. The fourth-order valence-electron chi connectivity index (χ4n) is 5.12. The minimum Gasteiger partial charge on any atom is -0.387 e. The van der Waals surface area contributed by atoms with E-state index in [4.69, 9.17) is 9.47 Å². The Morgan fingerprint density at radius 3 is 2.31 bits per heavy atom. The third-order valence-electron chi connectivity index (χ3n) is 7.21. The van der Waals surface area contributed by atoms with Crippen molar-refractivity contribution >= 4 is 27.0 Å². The van der Waals surface area contributed by atoms with E-state index < -0.39 is 34.6 Å². The SMILES string of the molecule is CCCS(=O)(=O)NCc1nc(NCC(c2ccccc2)c2ccccc2)c2ncn([C@@H]3O[C@H](COC)[C@@H](O)[C@@H]3O)c2n1. The molecule has 42 heavy (non-hydrogen) atoms. The molecule has 0 saturated carbocycles. The number of aliphatic hydroxyl groups is 2. The van der Waals surface area contributed by atoms with Crippen molar-refractivity contribution in [2.45, 2.75) is 50.3 Å². The molecule has 0 radical (unpaired) electrons. The lowest BCUT2D eigenvalue weighted by Gasteiger charge is -2.20. The van der Waals surface area contributed by atoms with Crippen LogP contribution in [0.3, 0.4) is 0 Å². The van der Waals surface area contributed by atoms with Gasteiger partial charge in [0.15, 0.2) is 23.2 Å². The largest absolute Gasteiger partial charge is 0.387 e. The maximum absolute atomic E-state index is 12.4. The highest BCUT2D eigenvalue weighted by molar-refractivity contribution is 7.89. The molecule has 13 heteroatoms. The van der Waals surface area contributed by atoms with Gasteiger partial charge in [-0.25, -0.2) is 28.1 Å². The molecule has 0 unspecified atom stereocenters. The highest BCUT2D eigenvalue weighted by atomic mass is 32.2. The maximum atomic E-state index is 12.4. The number of benzene rings is 2. The second kappa shape index (κ2) is 13.2. The average molecular weight is 597 g/mol. The van der Waals surface area contributed by atoms with Crippen LogP contribution < -0.4 is 10.0 Å². The van der Waals surface area contributed by atoms with Gasteiger partial charge in [0, 0.05) is 19.6 Å². The summed E-state index contributed by atoms with van der Waals surface area (Å²) in [5.74, 6) is 0.580. The van der Waals surface area contributed by atoms with E-state index in [1.54, 1.807) is 6.92 Å². The molecule has 2 aromatic carbocycles. The van der Waals surface area contributed by atoms with E-state index in [1.807, 2.05) is 36.4 Å². The summed E-state index contributed by atoms with van der Waals surface area (Å²) in [4.78, 5) is 13.8. The van der Waals surface area contributed by atoms with Gasteiger partial charge in [0.2, 0.25) is 10.0 Å². The molecule has 12 nitrogen and oxygen atoms in total. The molecule has 5 rings (SSSR count). The third kappa shape index (κ3) is 6.61. The smallest absolute Gasteiger partial charge is 0.211 e. The quantitative estimate of drug-likeness (QED) is 0.180. The van der Waals surface area contributed by atoms with Crippen LogP contribution >= 0.6 is 0 Å². The van der Waals surface area contributed by atoms with Gasteiger partial charge in [-0.1, -0.05) is 67.6 Å². The first-order valence-corrected chi connectivity index (χ1v) is 15.5. The van der Waals surface area contributed by atoms with Crippen LogP contribution in [0.25, 0.3) is 11.2 Å². The molecule has 4 N–H and O–H groups in total. The molecule has 4 aromatic rings. The van der Waals surface area contributed by atoms with Crippen LogP contribution in [0.2, 0.25) is 0 Å². The van der Waals surface area contributed by atoms with Crippen LogP contribution in [-0.2, 0) is 26.0 Å². The summed E-state index contributed by atoms with van der Waals surface area (Å²) in [6.07, 6.45) is -2.23. The van der Waals surface area contributed by atoms with Crippen LogP contribution in [0.15, 0.2) is 67.0 Å². The zero-order chi connectivity index (χ0) is 29.7. The monoisotopic (exact) mass is 596 g/mol. The Labute approximate surface area is 244 Å². The predicted molar refractivity (Wildman–Crippen MR) is 157 cm³/mol. The summed E-state index contributed by atoms with van der Waals surface area (Å²) in [6.45, 7) is 2.21. The third-order valence-corrected chi connectivity index (χ3v) is 8.74. The summed E-state index contributed by atoms with van der Waals surface area (Å²) >= 11 is 0. The molecule has 4 atom stereocenters. The number of nitrogens with one attached hydrogen (secondary N) is 2. The summed E-state index contributed by atoms with van der Waals surface area (Å²) < 4.78 is 39.9. The fraction of sp³-hybridized carbons (Fsp3) is 0.414. The first-order valence-electron chi connectivity index (χ1n) is 13.9. The molecular weight excluding hydrogens is 560 g/mol. The molecule has 3 heterocycles. The van der Waals surface area contributed by atoms with Crippen molar-refractivity contribution < 1.29 is 28.1 Å². The molecule has 1 aliphatic rings. The first kappa shape index (κ1) is 30.0. The number of aromatic nitrogens is 4. The molecule has 1 saturated heterocycles. The van der Waals surface area contributed by atoms with Gasteiger partial charge in [0.1, 0.15) is 24.1 Å². The number of nitrogens with zero attached hydrogens (tertiary/aromatic N) is 4. The lowest BCUT2D eigenvalue weighted by molar-refractivity contribution is -0.0580. The molecular formula is C29H36N6O6S. The van der Waals surface area contributed by atoms with Gasteiger partial charge < -0.3 is 25.0 Å². The van der Waals surface area contributed by atoms with Gasteiger partial charge in [-0.05, 0) is 17.5 Å². The summed E-state index contributed by atoms with van der Waals surface area (Å²) in [6, 6.07) is 20.2. The maximum Gasteiger partial charge on any atom is 0.211 e. The number of aliphatic hydroxyl groups excluding tert-OH is 2. The highest BCUT2D eigenvalue weighted by Gasteiger charge is 2.44. The molecule has 2 aromatic heterocycles. The molecule has 0 spiro atoms. The second-order valence-electron chi connectivity index (χ2n) is 10.2. The normalized spacial score (nSPS) is 20.9. The predicted octanol–water partition coefficient (Wildman–Crippen LogP) is 2.17. The number of sulfonamides is 1. The Bertz CT molecular complexity index is 1530. The number of methoxy groups -OCH3 is 1. The number of hydrogen-bond acceptors (Lipinski definition) is 10. The number of imidazole rings is 1. The van der Waals surface area contributed by atoms with Crippen LogP contribution in [0.5, 0.6) is 0 Å². The molecule has 1 fully saturated rings. The van der Waals surface area contributed by atoms with Crippen LogP contribution in [0.4, 0.5) is 5.82 Å². The average Bonchev–Trinajstić information content (AvgIpc) is 3.54. The zero-order valence-corrected chi connectivity index (χ0v) is 24.3. The lowest BCUT2D eigenvalue weighted by atomic mass is 9.91. The summed E-state index contributed by atoms with van der Waals surface area (Å²) in [7, 11) is -2.04. The second-order valence-corrected chi connectivity index (χ2v) is 12.1. The minimum absolute atomic E-state index is 0.0176. The Morgan fingerprint density at radius 1 is 1.02 bits per heavy atom. The summed E-state index contributed by atoms with van der Waals surface area (Å²) in [5, 5.41) is 24.7. The number of anilines is 1. The zero-order valence-electron chi connectivity index (χ0n) is 23.5. The first-order chi connectivity index (χ1) is 20.3. The van der Waals surface area contributed by atoms with E-state index in [1.165, 1.54) is 18.0 Å². The molecule has 0 amide bonds. The van der Waals surface area contributed by atoms with Crippen molar-refractivity contribution in [1.82, 2.24) is 24.2 Å². The van der Waals surface area contributed by atoms with Crippen LogP contribution in [-0.4, -0.2) is 82.5 Å². The Morgan fingerprint density at radius 2 is 1.69 bits per heavy atom. The number of hydrogen-bond donors (Lipinski definition) is 4. The van der Waals surface area contributed by atoms with Crippen molar-refractivity contribution in [3.8, 4) is 0 Å². The highest BCUT2D eigenvalue weighted by Crippen LogP contribution is 2.33. The van der Waals surface area contributed by atoms with Crippen LogP contribution in [0, 0.1) is 0 Å². The van der Waals surface area contributed by atoms with E-state index in [2.05, 4.69) is 49.3 Å². The standard InChI is InChI=1S/C29H36N6O6S/c1-3-14-42(38,39)32-16-23-33-27(30-15-21(19-10-6-4-7-11-19)20-12-8-5-9-13-20)24-28(34-23)35(18-31-24)29-26(37)25(36)22(41-29)17-40-2/h4-13,18,21-22,25-26,29,32,36-37H,3,14-17H2,1-2H3,(H,30,33,34)/t22-,25-,26+,29-/m1/s1. The van der Waals surface area contributed by atoms with Crippen molar-refractivity contribution in [2.24, 2.45) is 0 Å². The van der Waals surface area contributed by atoms with Gasteiger partial charge in [-0.15, -0.1) is 0 Å². The number of ether oxygens (including phenoxy) is 2. The van der Waals surface area contributed by atoms with Gasteiger partial charge >= 0.3 is 0 Å². The van der Waals surface area contributed by atoms with Crippen molar-refractivity contribution in [3.05, 3.63) is 83.9 Å². The fourth-order valence-corrected chi connectivity index (χ4v) is 6.15. The lowest BCUT2D eigenvalue weighted by Crippen LogP contribution is -2.33. The Balaban J connectivity index is 1.51. The van der Waals surface area contributed by atoms with Gasteiger partial charge in [0.05, 0.1) is 25.2 Å². The van der Waals surface area contributed by atoms with E-state index in [9.17, 15) is 18.6 Å². The number of fused-ring (bicyclic) bond motifs is 1. The number of rotatable bonds is 13. The minimum atomic E-state index is -3.52. The summed E-state index contributed by atoms with van der Waals surface area (Å²) in [5.41, 5.74) is 2.96. The Kier molecular flexibility index (Phi) is 9.46. The van der Waals surface area contributed by atoms with Crippen molar-refractivity contribution in [2.75, 3.05) is 31.3 Å². The van der Waals surface area contributed by atoms with Gasteiger partial charge in [-0.2, -0.15) is 0 Å². The Hall–Kier alpha value is -3.46. The van der Waals surface area contributed by atoms with Crippen molar-refractivity contribution in [3.63, 3.8) is 0 Å². The van der Waals surface area contributed by atoms with E-state index in [0.717, 1.165) is 11.1 Å². The molecule has 1 aliphatic heterocycles.